The molecule has 4 heteroatoms. The number of benzene rings is 1. The molecule has 0 amide bonds. The van der Waals surface area contributed by atoms with E-state index in [-0.39, 0.29) is 5.92 Å². The Morgan fingerprint density at radius 2 is 2.16 bits per heavy atom. The van der Waals surface area contributed by atoms with Gasteiger partial charge < -0.3 is 4.57 Å². The van der Waals surface area contributed by atoms with Gasteiger partial charge in [-0.1, -0.05) is 12.1 Å². The van der Waals surface area contributed by atoms with Gasteiger partial charge in [0.25, 0.3) is 0 Å². The number of nitrogens with zero attached hydrogens (tertiary/aromatic N) is 2. The van der Waals surface area contributed by atoms with E-state index in [2.05, 4.69) is 9.55 Å². The van der Waals surface area contributed by atoms with Crippen LogP contribution in [0.2, 0.25) is 0 Å². The van der Waals surface area contributed by atoms with Crippen molar-refractivity contribution < 1.29 is 8.78 Å². The fraction of sp³-hybridized carbons (Fsp3) is 0.400. The lowest BCUT2D eigenvalue weighted by Crippen LogP contribution is -2.11. The Bertz CT molecular complexity index is 604. The second-order valence-corrected chi connectivity index (χ2v) is 5.16. The highest BCUT2D eigenvalue weighted by atomic mass is 19.2. The smallest absolute Gasteiger partial charge is 0.162 e. The maximum absolute atomic E-state index is 13.9. The summed E-state index contributed by atoms with van der Waals surface area (Å²) in [6.45, 7) is 2.68. The maximum Gasteiger partial charge on any atom is 0.162 e. The molecule has 2 aromatic rings. The van der Waals surface area contributed by atoms with Crippen molar-refractivity contribution in [3.63, 3.8) is 0 Å². The number of imidazole rings is 1. The van der Waals surface area contributed by atoms with Gasteiger partial charge in [0.2, 0.25) is 0 Å². The maximum atomic E-state index is 13.9. The van der Waals surface area contributed by atoms with Crippen molar-refractivity contribution in [3.05, 3.63) is 53.1 Å². The Kier molecular flexibility index (Phi) is 3.09. The minimum absolute atomic E-state index is 0.0184. The molecule has 0 bridgehead atoms. The van der Waals surface area contributed by atoms with Crippen LogP contribution in [0.3, 0.4) is 0 Å². The van der Waals surface area contributed by atoms with Gasteiger partial charge in [-0.25, -0.2) is 13.8 Å². The van der Waals surface area contributed by atoms with Crippen LogP contribution in [-0.4, -0.2) is 9.55 Å². The summed E-state index contributed by atoms with van der Waals surface area (Å²) in [5.74, 6) is -0.389. The van der Waals surface area contributed by atoms with Crippen LogP contribution >= 0.6 is 0 Å². The Labute approximate surface area is 111 Å². The van der Waals surface area contributed by atoms with Gasteiger partial charge in [0.15, 0.2) is 11.6 Å². The normalized spacial score (nSPS) is 19.0. The first-order chi connectivity index (χ1) is 9.16. The van der Waals surface area contributed by atoms with Crippen LogP contribution in [0.25, 0.3) is 0 Å². The van der Waals surface area contributed by atoms with Gasteiger partial charge in [0.1, 0.15) is 5.82 Å². The summed E-state index contributed by atoms with van der Waals surface area (Å²) in [7, 11) is 0. The molecule has 0 saturated heterocycles. The van der Waals surface area contributed by atoms with Crippen LogP contribution < -0.4 is 0 Å². The lowest BCUT2D eigenvalue weighted by atomic mass is 9.93. The van der Waals surface area contributed by atoms with E-state index in [1.54, 1.807) is 12.1 Å². The van der Waals surface area contributed by atoms with Crippen molar-refractivity contribution >= 4 is 0 Å². The van der Waals surface area contributed by atoms with Gasteiger partial charge >= 0.3 is 0 Å². The molecule has 0 fully saturated rings. The van der Waals surface area contributed by atoms with E-state index in [9.17, 15) is 8.78 Å². The third-order valence-electron chi connectivity index (χ3n) is 3.91. The zero-order valence-corrected chi connectivity index (χ0v) is 10.9. The predicted octanol–water partition coefficient (Wildman–Crippen LogP) is 3.59. The molecule has 1 aliphatic rings. The minimum Gasteiger partial charge on any atom is -0.332 e. The highest BCUT2D eigenvalue weighted by Gasteiger charge is 2.23. The Balaban J connectivity index is 1.98. The molecule has 1 aromatic carbocycles. The summed E-state index contributed by atoms with van der Waals surface area (Å²) >= 11 is 0. The highest BCUT2D eigenvalue weighted by molar-refractivity contribution is 5.24. The summed E-state index contributed by atoms with van der Waals surface area (Å²) in [6.07, 6.45) is 4.57. The van der Waals surface area contributed by atoms with Gasteiger partial charge in [-0.2, -0.15) is 0 Å². The van der Waals surface area contributed by atoms with E-state index in [1.165, 1.54) is 6.07 Å². The Morgan fingerprint density at radius 1 is 1.32 bits per heavy atom. The molecule has 0 N–H and O–H groups in total. The van der Waals surface area contributed by atoms with Gasteiger partial charge in [-0.3, -0.25) is 0 Å². The van der Waals surface area contributed by atoms with Crippen LogP contribution in [-0.2, 0) is 13.0 Å². The number of hydrogen-bond acceptors (Lipinski definition) is 1. The van der Waals surface area contributed by atoms with Crippen molar-refractivity contribution in [2.24, 2.45) is 0 Å². The van der Waals surface area contributed by atoms with E-state index in [4.69, 9.17) is 0 Å². The van der Waals surface area contributed by atoms with Crippen molar-refractivity contribution in [1.29, 1.82) is 0 Å². The molecule has 100 valence electrons. The molecule has 19 heavy (non-hydrogen) atoms. The van der Waals surface area contributed by atoms with Crippen molar-refractivity contribution in [2.45, 2.75) is 38.6 Å². The molecule has 0 aliphatic carbocycles. The molecular weight excluding hydrogens is 246 g/mol. The van der Waals surface area contributed by atoms with Crippen molar-refractivity contribution in [1.82, 2.24) is 9.55 Å². The van der Waals surface area contributed by atoms with Crippen molar-refractivity contribution in [2.75, 3.05) is 0 Å². The minimum atomic E-state index is -0.760. The monoisotopic (exact) mass is 262 g/mol. The SMILES string of the molecule is Cc1cnc2n1CC(c1cccc(F)c1F)CCC2. The Hall–Kier alpha value is -1.71. The van der Waals surface area contributed by atoms with Gasteiger partial charge in [-0.15, -0.1) is 0 Å². The molecule has 2 nitrogen and oxygen atoms in total. The summed E-state index contributed by atoms with van der Waals surface area (Å²) in [6, 6.07) is 4.45. The predicted molar refractivity (Wildman–Crippen MR) is 69.0 cm³/mol. The van der Waals surface area contributed by atoms with Crippen molar-refractivity contribution in [3.8, 4) is 0 Å². The summed E-state index contributed by atoms with van der Waals surface area (Å²) in [5.41, 5.74) is 1.57. The average Bonchev–Trinajstić information content (AvgIpc) is 2.63. The lowest BCUT2D eigenvalue weighted by Gasteiger charge is -2.17. The Morgan fingerprint density at radius 3 is 3.00 bits per heavy atom. The number of aryl methyl sites for hydroxylation is 2. The van der Waals surface area contributed by atoms with Gasteiger partial charge in [0.05, 0.1) is 0 Å². The lowest BCUT2D eigenvalue weighted by molar-refractivity contribution is 0.463. The molecule has 0 radical (unpaired) electrons. The first-order valence-corrected chi connectivity index (χ1v) is 6.61. The quantitative estimate of drug-likeness (QED) is 0.768. The summed E-state index contributed by atoms with van der Waals surface area (Å²) in [5, 5.41) is 0. The van der Waals surface area contributed by atoms with Crippen LogP contribution in [0, 0.1) is 18.6 Å². The number of aromatic nitrogens is 2. The van der Waals surface area contributed by atoms with Crippen LogP contribution in [0.15, 0.2) is 24.4 Å². The molecule has 1 unspecified atom stereocenters. The topological polar surface area (TPSA) is 17.8 Å². The largest absolute Gasteiger partial charge is 0.332 e. The molecule has 0 saturated carbocycles. The molecule has 1 atom stereocenters. The standard InChI is InChI=1S/C15H16F2N2/c1-10-8-18-14-7-2-4-11(9-19(10)14)12-5-3-6-13(16)15(12)17/h3,5-6,8,11H,2,4,7,9H2,1H3. The fourth-order valence-electron chi connectivity index (χ4n) is 2.87. The molecule has 3 rings (SSSR count). The average molecular weight is 262 g/mol. The van der Waals surface area contributed by atoms with Gasteiger partial charge in [-0.05, 0) is 31.4 Å². The second-order valence-electron chi connectivity index (χ2n) is 5.16. The van der Waals surface area contributed by atoms with Crippen LogP contribution in [0.1, 0.15) is 35.8 Å². The molecular formula is C15H16F2N2. The zero-order chi connectivity index (χ0) is 13.4. The number of fused-ring (bicyclic) bond motifs is 1. The zero-order valence-electron chi connectivity index (χ0n) is 10.9. The first kappa shape index (κ1) is 12.3. The third kappa shape index (κ3) is 2.15. The molecule has 1 aliphatic heterocycles. The summed E-state index contributed by atoms with van der Waals surface area (Å²) in [4.78, 5) is 4.38. The first-order valence-electron chi connectivity index (χ1n) is 6.61. The fourth-order valence-corrected chi connectivity index (χ4v) is 2.87. The van der Waals surface area contributed by atoms with Crippen LogP contribution in [0.4, 0.5) is 8.78 Å². The van der Waals surface area contributed by atoms with E-state index in [1.807, 2.05) is 13.1 Å². The van der Waals surface area contributed by atoms with E-state index in [0.29, 0.717) is 12.1 Å². The number of rotatable bonds is 1. The third-order valence-corrected chi connectivity index (χ3v) is 3.91. The molecule has 1 aromatic heterocycles. The van der Waals surface area contributed by atoms with Gasteiger partial charge in [0, 0.05) is 30.8 Å². The number of halogens is 2. The molecule has 2 heterocycles. The van der Waals surface area contributed by atoms with E-state index in [0.717, 1.165) is 30.8 Å². The van der Waals surface area contributed by atoms with E-state index >= 15 is 0 Å². The highest BCUT2D eigenvalue weighted by Crippen LogP contribution is 2.31. The van der Waals surface area contributed by atoms with E-state index < -0.39 is 11.6 Å². The number of hydrogen-bond donors (Lipinski definition) is 0. The van der Waals surface area contributed by atoms with Crippen LogP contribution in [0.5, 0.6) is 0 Å². The molecule has 0 spiro atoms. The summed E-state index contributed by atoms with van der Waals surface area (Å²) < 4.78 is 29.4. The second kappa shape index (κ2) is 4.76.